The Kier molecular flexibility index (Phi) is 6.78. The van der Waals surface area contributed by atoms with E-state index in [0.29, 0.717) is 30.8 Å². The van der Waals surface area contributed by atoms with E-state index in [2.05, 4.69) is 4.98 Å². The number of carbonyl (C=O) groups is 1. The molecule has 4 rings (SSSR count). The van der Waals surface area contributed by atoms with Gasteiger partial charge in [0, 0.05) is 5.39 Å². The zero-order chi connectivity index (χ0) is 22.3. The molecule has 32 heavy (non-hydrogen) atoms. The summed E-state index contributed by atoms with van der Waals surface area (Å²) in [4.78, 5) is 16.3. The van der Waals surface area contributed by atoms with Crippen LogP contribution in [0.3, 0.4) is 0 Å². The summed E-state index contributed by atoms with van der Waals surface area (Å²) in [5.74, 6) is 0.322. The lowest BCUT2D eigenvalue weighted by Gasteiger charge is -2.13. The predicted molar refractivity (Wildman–Crippen MR) is 124 cm³/mol. The number of pyridine rings is 1. The van der Waals surface area contributed by atoms with Gasteiger partial charge in [0.05, 0.1) is 30.0 Å². The first kappa shape index (κ1) is 21.5. The van der Waals surface area contributed by atoms with Gasteiger partial charge >= 0.3 is 5.97 Å². The fourth-order valence-electron chi connectivity index (χ4n) is 3.60. The Labute approximate surface area is 187 Å². The second-order valence-corrected chi connectivity index (χ2v) is 7.60. The lowest BCUT2D eigenvalue weighted by molar-refractivity contribution is 0.0600. The van der Waals surface area contributed by atoms with Crippen LogP contribution in [-0.4, -0.2) is 23.2 Å². The molecule has 0 fully saturated rings. The zero-order valence-corrected chi connectivity index (χ0v) is 17.9. The van der Waals surface area contributed by atoms with E-state index in [1.54, 1.807) is 12.1 Å². The Morgan fingerprint density at radius 3 is 2.69 bits per heavy atom. The van der Waals surface area contributed by atoms with Gasteiger partial charge in [-0.25, -0.2) is 9.78 Å². The van der Waals surface area contributed by atoms with Crippen LogP contribution < -0.4 is 4.74 Å². The fraction of sp³-hybridized carbons (Fsp3) is 0.185. The second kappa shape index (κ2) is 10.1. The maximum absolute atomic E-state index is 11.7. The van der Waals surface area contributed by atoms with Crippen molar-refractivity contribution in [3.8, 4) is 5.75 Å². The number of hydrogen-bond donors (Lipinski definition) is 1. The number of rotatable bonds is 8. The van der Waals surface area contributed by atoms with Crippen molar-refractivity contribution in [2.24, 2.45) is 0 Å². The lowest BCUT2D eigenvalue weighted by atomic mass is 10.00. The van der Waals surface area contributed by atoms with Gasteiger partial charge in [-0.05, 0) is 60.4 Å². The molecule has 1 atom stereocenters. The molecule has 4 aromatic rings. The van der Waals surface area contributed by atoms with E-state index >= 15 is 0 Å². The molecule has 0 spiro atoms. The molecule has 0 aliphatic carbocycles. The van der Waals surface area contributed by atoms with Gasteiger partial charge in [-0.2, -0.15) is 0 Å². The van der Waals surface area contributed by atoms with Crippen LogP contribution in [0.25, 0.3) is 10.9 Å². The van der Waals surface area contributed by atoms with E-state index in [9.17, 15) is 9.90 Å². The molecule has 5 nitrogen and oxygen atoms in total. The van der Waals surface area contributed by atoms with Gasteiger partial charge in [0.2, 0.25) is 0 Å². The molecule has 1 aromatic heterocycles. The first-order chi connectivity index (χ1) is 15.6. The Balaban J connectivity index is 1.37. The number of aryl methyl sites for hydroxylation is 1. The number of hydrogen-bond acceptors (Lipinski definition) is 5. The van der Waals surface area contributed by atoms with Crippen molar-refractivity contribution in [2.75, 3.05) is 7.11 Å². The van der Waals surface area contributed by atoms with Crippen LogP contribution in [0.4, 0.5) is 0 Å². The third-order valence-corrected chi connectivity index (χ3v) is 5.34. The molecule has 1 N–H and O–H groups in total. The summed E-state index contributed by atoms with van der Waals surface area (Å²) in [5, 5.41) is 11.8. The van der Waals surface area contributed by atoms with Crippen LogP contribution in [0.2, 0.25) is 0 Å². The van der Waals surface area contributed by atoms with Gasteiger partial charge in [-0.15, -0.1) is 0 Å². The maximum atomic E-state index is 11.7. The molecule has 162 valence electrons. The highest BCUT2D eigenvalue weighted by Crippen LogP contribution is 2.24. The standard InChI is InChI=1S/C27H25NO4/c1-31-27(30)22-9-4-6-19(16-22)12-15-26(29)21-8-5-10-24(17-21)32-18-23-14-13-20-7-2-3-11-25(20)28-23/h2-11,13-14,16-17,26,29H,12,15,18H2,1H3. The number of aliphatic hydroxyl groups excluding tert-OH is 1. The number of fused-ring (bicyclic) bond motifs is 1. The SMILES string of the molecule is COC(=O)c1cccc(CCC(O)c2cccc(OCc3ccc4ccccc4n3)c2)c1. The van der Waals surface area contributed by atoms with Gasteiger partial charge in [-0.1, -0.05) is 48.5 Å². The quantitative estimate of drug-likeness (QED) is 0.388. The average Bonchev–Trinajstić information content (AvgIpc) is 2.85. The topological polar surface area (TPSA) is 68.7 Å². The van der Waals surface area contributed by atoms with Crippen LogP contribution in [0, 0.1) is 0 Å². The molecular formula is C27H25NO4. The summed E-state index contributed by atoms with van der Waals surface area (Å²) in [6, 6.07) is 26.7. The van der Waals surface area contributed by atoms with E-state index in [4.69, 9.17) is 9.47 Å². The van der Waals surface area contributed by atoms with E-state index in [1.807, 2.05) is 72.8 Å². The smallest absolute Gasteiger partial charge is 0.337 e. The molecule has 0 aliphatic heterocycles. The Hall–Kier alpha value is -3.70. The molecule has 0 amide bonds. The first-order valence-corrected chi connectivity index (χ1v) is 10.5. The first-order valence-electron chi connectivity index (χ1n) is 10.5. The lowest BCUT2D eigenvalue weighted by Crippen LogP contribution is -2.04. The van der Waals surface area contributed by atoms with Crippen molar-refractivity contribution in [1.82, 2.24) is 4.98 Å². The summed E-state index contributed by atoms with van der Waals surface area (Å²) in [6.45, 7) is 0.352. The van der Waals surface area contributed by atoms with Gasteiger partial charge in [-0.3, -0.25) is 0 Å². The third-order valence-electron chi connectivity index (χ3n) is 5.34. The van der Waals surface area contributed by atoms with Gasteiger partial charge < -0.3 is 14.6 Å². The number of ether oxygens (including phenoxy) is 2. The van der Waals surface area contributed by atoms with Crippen molar-refractivity contribution < 1.29 is 19.4 Å². The largest absolute Gasteiger partial charge is 0.487 e. The minimum Gasteiger partial charge on any atom is -0.487 e. The third kappa shape index (κ3) is 5.31. The Bertz CT molecular complexity index is 1220. The average molecular weight is 428 g/mol. The number of para-hydroxylation sites is 1. The molecule has 1 unspecified atom stereocenters. The van der Waals surface area contributed by atoms with Crippen molar-refractivity contribution in [1.29, 1.82) is 0 Å². The number of aliphatic hydroxyl groups is 1. The van der Waals surface area contributed by atoms with Crippen LogP contribution in [0.5, 0.6) is 5.75 Å². The number of methoxy groups -OCH3 is 1. The number of aromatic nitrogens is 1. The van der Waals surface area contributed by atoms with Crippen LogP contribution >= 0.6 is 0 Å². The summed E-state index contributed by atoms with van der Waals surface area (Å²) in [6.07, 6.45) is 0.525. The zero-order valence-electron chi connectivity index (χ0n) is 17.9. The number of esters is 1. The summed E-state index contributed by atoms with van der Waals surface area (Å²) in [7, 11) is 1.36. The minimum absolute atomic E-state index is 0.352. The normalized spacial score (nSPS) is 11.8. The predicted octanol–water partition coefficient (Wildman–Crippen LogP) is 5.27. The van der Waals surface area contributed by atoms with Crippen molar-refractivity contribution in [3.05, 3.63) is 107 Å². The van der Waals surface area contributed by atoms with Crippen LogP contribution in [0.15, 0.2) is 84.9 Å². The van der Waals surface area contributed by atoms with E-state index < -0.39 is 6.10 Å². The van der Waals surface area contributed by atoms with Crippen LogP contribution in [-0.2, 0) is 17.8 Å². The van der Waals surface area contributed by atoms with Gasteiger partial charge in [0.15, 0.2) is 0 Å². The molecule has 0 bridgehead atoms. The van der Waals surface area contributed by atoms with E-state index in [0.717, 1.165) is 27.7 Å². The monoisotopic (exact) mass is 427 g/mol. The van der Waals surface area contributed by atoms with E-state index in [-0.39, 0.29) is 5.97 Å². The molecule has 0 radical (unpaired) electrons. The number of benzene rings is 3. The maximum Gasteiger partial charge on any atom is 0.337 e. The molecule has 0 aliphatic rings. The minimum atomic E-state index is -0.640. The molecule has 0 saturated carbocycles. The summed E-state index contributed by atoms with van der Waals surface area (Å²) < 4.78 is 10.7. The summed E-state index contributed by atoms with van der Waals surface area (Å²) in [5.41, 5.74) is 4.06. The van der Waals surface area contributed by atoms with Crippen molar-refractivity contribution in [3.63, 3.8) is 0 Å². The Morgan fingerprint density at radius 1 is 0.969 bits per heavy atom. The molecule has 5 heteroatoms. The second-order valence-electron chi connectivity index (χ2n) is 7.60. The van der Waals surface area contributed by atoms with Crippen LogP contribution in [0.1, 0.15) is 39.7 Å². The fourth-order valence-corrected chi connectivity index (χ4v) is 3.60. The van der Waals surface area contributed by atoms with Gasteiger partial charge in [0.25, 0.3) is 0 Å². The number of carbonyl (C=O) groups excluding carboxylic acids is 1. The molecule has 3 aromatic carbocycles. The molecule has 0 saturated heterocycles. The van der Waals surface area contributed by atoms with Gasteiger partial charge in [0.1, 0.15) is 12.4 Å². The highest BCUT2D eigenvalue weighted by molar-refractivity contribution is 5.89. The molecule has 1 heterocycles. The summed E-state index contributed by atoms with van der Waals surface area (Å²) >= 11 is 0. The Morgan fingerprint density at radius 2 is 1.81 bits per heavy atom. The van der Waals surface area contributed by atoms with Crippen molar-refractivity contribution >= 4 is 16.9 Å². The van der Waals surface area contributed by atoms with E-state index in [1.165, 1.54) is 7.11 Å². The highest BCUT2D eigenvalue weighted by atomic mass is 16.5. The van der Waals surface area contributed by atoms with Crippen molar-refractivity contribution in [2.45, 2.75) is 25.6 Å². The number of nitrogens with zero attached hydrogens (tertiary/aromatic N) is 1. The molecular weight excluding hydrogens is 402 g/mol. The highest BCUT2D eigenvalue weighted by Gasteiger charge is 2.11.